The van der Waals surface area contributed by atoms with Crippen LogP contribution in [0.15, 0.2) is 48.6 Å². The van der Waals surface area contributed by atoms with Crippen LogP contribution in [-0.4, -0.2) is 63.5 Å². The Kier molecular flexibility index (Phi) is 28.9. The number of allylic oxidation sites excluding steroid dienone is 7. The lowest BCUT2D eigenvalue weighted by molar-refractivity contribution is -0.161. The van der Waals surface area contributed by atoms with E-state index in [9.17, 15) is 24.4 Å². The molecule has 0 amide bonds. The van der Waals surface area contributed by atoms with Crippen LogP contribution in [0, 0.1) is 0 Å². The molecule has 266 valence electrons. The van der Waals surface area contributed by atoms with Crippen LogP contribution in [0.2, 0.25) is 0 Å². The third kappa shape index (κ3) is 30.6. The Bertz CT molecular complexity index is 924. The lowest BCUT2D eigenvalue weighted by atomic mass is 10.0. The average Bonchev–Trinajstić information content (AvgIpc) is 3.01. The average molecular weight is 673 g/mol. The van der Waals surface area contributed by atoms with Gasteiger partial charge >= 0.3 is 19.8 Å². The molecule has 0 fully saturated rings. The number of ether oxygens (including phenoxy) is 2. The van der Waals surface area contributed by atoms with E-state index in [-0.39, 0.29) is 32.1 Å². The molecule has 0 unspecified atom stereocenters. The van der Waals surface area contributed by atoms with Gasteiger partial charge in [0.1, 0.15) is 6.61 Å². The molecule has 0 aromatic heterocycles. The topological polar surface area (TPSA) is 160 Å². The van der Waals surface area contributed by atoms with E-state index in [4.69, 9.17) is 19.3 Å². The molecule has 0 saturated heterocycles. The van der Waals surface area contributed by atoms with Crippen LogP contribution >= 0.6 is 7.82 Å². The molecule has 0 radical (unpaired) electrons. The Hall–Kier alpha value is -2.07. The summed E-state index contributed by atoms with van der Waals surface area (Å²) in [6.07, 6.45) is 27.4. The zero-order chi connectivity index (χ0) is 34.3. The molecule has 4 N–H and O–H groups in total. The molecule has 0 aliphatic rings. The number of carbonyl (C=O) groups is 2. The van der Waals surface area contributed by atoms with Crippen LogP contribution in [0.25, 0.3) is 0 Å². The van der Waals surface area contributed by atoms with Crippen LogP contribution in [0.5, 0.6) is 0 Å². The zero-order valence-electron chi connectivity index (χ0n) is 28.2. The molecule has 0 aliphatic heterocycles. The summed E-state index contributed by atoms with van der Waals surface area (Å²) in [5.74, 6) is -1.18. The van der Waals surface area contributed by atoms with Crippen LogP contribution < -0.4 is 0 Å². The molecule has 0 heterocycles. The molecule has 46 heavy (non-hydrogen) atoms. The number of hydrogen-bond donors (Lipinski definition) is 4. The van der Waals surface area contributed by atoms with Crippen molar-refractivity contribution in [2.75, 3.05) is 13.2 Å². The number of rotatable bonds is 30. The van der Waals surface area contributed by atoms with Crippen molar-refractivity contribution >= 4 is 19.8 Å². The number of aliphatic hydroxyl groups excluding tert-OH is 2. The number of phosphoric ester groups is 1. The maximum atomic E-state index is 12.3. The SMILES string of the molecule is CC/C=C\C/C=C\C/C=C\C/C=C\C[C@H](O)[C@@H](O)CCCC(=O)OC[C@H](COP(=O)(O)O)OC(=O)CCCCCCCCCCC. The van der Waals surface area contributed by atoms with Gasteiger partial charge in [0.25, 0.3) is 0 Å². The predicted molar refractivity (Wildman–Crippen MR) is 182 cm³/mol. The van der Waals surface area contributed by atoms with Crippen molar-refractivity contribution in [2.24, 2.45) is 0 Å². The third-order valence-corrected chi connectivity index (χ3v) is 7.55. The highest BCUT2D eigenvalue weighted by Gasteiger charge is 2.23. The highest BCUT2D eigenvalue weighted by atomic mass is 31.2. The first-order valence-electron chi connectivity index (χ1n) is 17.1. The molecule has 0 saturated carbocycles. The van der Waals surface area contributed by atoms with Gasteiger partial charge < -0.3 is 29.5 Å². The maximum absolute atomic E-state index is 12.3. The summed E-state index contributed by atoms with van der Waals surface area (Å²) in [4.78, 5) is 42.5. The van der Waals surface area contributed by atoms with Gasteiger partial charge in [-0.3, -0.25) is 14.1 Å². The zero-order valence-corrected chi connectivity index (χ0v) is 29.1. The minimum absolute atomic E-state index is 0.0494. The van der Waals surface area contributed by atoms with Crippen LogP contribution in [0.1, 0.15) is 129 Å². The second-order valence-electron chi connectivity index (χ2n) is 11.4. The van der Waals surface area contributed by atoms with Crippen molar-refractivity contribution in [3.63, 3.8) is 0 Å². The second-order valence-corrected chi connectivity index (χ2v) is 12.7. The van der Waals surface area contributed by atoms with E-state index in [1.165, 1.54) is 32.1 Å². The van der Waals surface area contributed by atoms with E-state index in [2.05, 4.69) is 48.8 Å². The van der Waals surface area contributed by atoms with E-state index < -0.39 is 51.3 Å². The number of esters is 2. The van der Waals surface area contributed by atoms with Gasteiger partial charge in [0.05, 0.1) is 18.8 Å². The van der Waals surface area contributed by atoms with Gasteiger partial charge in [-0.2, -0.15) is 0 Å². The Balaban J connectivity index is 4.28. The standard InChI is InChI=1S/C35H61O10P/c1-3-5-7-9-11-13-14-15-17-18-20-22-25-32(36)33(37)26-24-28-34(38)43-29-31(30-44-46(40,41)42)45-35(39)27-23-21-19-16-12-10-8-6-4-2/h5,7,11,13,15,17,20,22,31-33,36-37H,3-4,6,8-10,12,14,16,18-19,21,23-30H2,1-2H3,(H2,40,41,42)/b7-5-,13-11-,17-15-,22-20-/t31-,32+,33+/m1/s1. The molecular weight excluding hydrogens is 611 g/mol. The van der Waals surface area contributed by atoms with Crippen molar-refractivity contribution < 1.29 is 48.2 Å². The first-order chi connectivity index (χ1) is 22.1. The molecule has 0 aromatic carbocycles. The summed E-state index contributed by atoms with van der Waals surface area (Å²) in [6.45, 7) is 3.25. The molecule has 0 bridgehead atoms. The summed E-state index contributed by atoms with van der Waals surface area (Å²) < 4.78 is 26.0. The molecular formula is C35H61O10P. The predicted octanol–water partition coefficient (Wildman–Crippen LogP) is 7.56. The van der Waals surface area contributed by atoms with E-state index >= 15 is 0 Å². The highest BCUT2D eigenvalue weighted by molar-refractivity contribution is 7.46. The fourth-order valence-corrected chi connectivity index (χ4v) is 4.76. The summed E-state index contributed by atoms with van der Waals surface area (Å²) in [7, 11) is -4.81. The molecule has 0 spiro atoms. The fraction of sp³-hybridized carbons (Fsp3) is 0.714. The van der Waals surface area contributed by atoms with Crippen molar-refractivity contribution in [3.8, 4) is 0 Å². The first-order valence-corrected chi connectivity index (χ1v) is 18.6. The number of phosphoric acid groups is 1. The van der Waals surface area contributed by atoms with Crippen LogP contribution in [-0.2, 0) is 28.2 Å². The highest BCUT2D eigenvalue weighted by Crippen LogP contribution is 2.36. The molecule has 0 rings (SSSR count). The minimum atomic E-state index is -4.81. The van der Waals surface area contributed by atoms with Gasteiger partial charge in [-0.25, -0.2) is 4.57 Å². The molecule has 0 aliphatic carbocycles. The summed E-state index contributed by atoms with van der Waals surface area (Å²) in [5, 5.41) is 20.4. The summed E-state index contributed by atoms with van der Waals surface area (Å²) >= 11 is 0. The Morgan fingerprint density at radius 2 is 1.17 bits per heavy atom. The van der Waals surface area contributed by atoms with E-state index in [1.54, 1.807) is 0 Å². The van der Waals surface area contributed by atoms with Crippen molar-refractivity contribution in [2.45, 2.75) is 148 Å². The summed E-state index contributed by atoms with van der Waals surface area (Å²) in [5.41, 5.74) is 0. The molecule has 11 heteroatoms. The van der Waals surface area contributed by atoms with Crippen molar-refractivity contribution in [1.29, 1.82) is 0 Å². The monoisotopic (exact) mass is 672 g/mol. The largest absolute Gasteiger partial charge is 0.469 e. The van der Waals surface area contributed by atoms with Crippen LogP contribution in [0.3, 0.4) is 0 Å². The van der Waals surface area contributed by atoms with Gasteiger partial charge in [-0.15, -0.1) is 0 Å². The van der Waals surface area contributed by atoms with Gasteiger partial charge in [0, 0.05) is 12.8 Å². The number of unbranched alkanes of at least 4 members (excludes halogenated alkanes) is 8. The van der Waals surface area contributed by atoms with Crippen molar-refractivity contribution in [1.82, 2.24) is 0 Å². The van der Waals surface area contributed by atoms with E-state index in [0.29, 0.717) is 6.42 Å². The number of aliphatic hydroxyl groups is 2. The lowest BCUT2D eigenvalue weighted by Gasteiger charge is -2.19. The normalized spacial score (nSPS) is 14.5. The third-order valence-electron chi connectivity index (χ3n) is 7.06. The Morgan fingerprint density at radius 1 is 0.652 bits per heavy atom. The molecule has 3 atom stereocenters. The quantitative estimate of drug-likeness (QED) is 0.0260. The fourth-order valence-electron chi connectivity index (χ4n) is 4.40. The van der Waals surface area contributed by atoms with Gasteiger partial charge in [-0.1, -0.05) is 114 Å². The van der Waals surface area contributed by atoms with Crippen LogP contribution in [0.4, 0.5) is 0 Å². The second kappa shape index (κ2) is 30.3. The Labute approximate surface area is 277 Å². The van der Waals surface area contributed by atoms with Gasteiger partial charge in [0.15, 0.2) is 6.10 Å². The van der Waals surface area contributed by atoms with Gasteiger partial charge in [0.2, 0.25) is 0 Å². The summed E-state index contributed by atoms with van der Waals surface area (Å²) in [6, 6.07) is 0. The first kappa shape index (κ1) is 43.9. The Morgan fingerprint density at radius 3 is 1.74 bits per heavy atom. The number of carbonyl (C=O) groups excluding carboxylic acids is 2. The lowest BCUT2D eigenvalue weighted by Crippen LogP contribution is -2.29. The number of hydrogen-bond acceptors (Lipinski definition) is 8. The molecule has 10 nitrogen and oxygen atoms in total. The van der Waals surface area contributed by atoms with Gasteiger partial charge in [-0.05, 0) is 51.4 Å². The minimum Gasteiger partial charge on any atom is -0.462 e. The smallest absolute Gasteiger partial charge is 0.462 e. The van der Waals surface area contributed by atoms with E-state index in [1.807, 2.05) is 18.2 Å². The van der Waals surface area contributed by atoms with E-state index in [0.717, 1.165) is 44.9 Å². The molecule has 0 aromatic rings. The maximum Gasteiger partial charge on any atom is 0.469 e. The van der Waals surface area contributed by atoms with Crippen molar-refractivity contribution in [3.05, 3.63) is 48.6 Å².